The number of furan rings is 1. The summed E-state index contributed by atoms with van der Waals surface area (Å²) in [5.41, 5.74) is 0.228. The van der Waals surface area contributed by atoms with Crippen molar-refractivity contribution in [1.29, 1.82) is 0 Å². The molecular formula is C18H14N2O7. The van der Waals surface area contributed by atoms with Gasteiger partial charge in [0.15, 0.2) is 11.5 Å². The quantitative estimate of drug-likeness (QED) is 0.644. The Bertz CT molecular complexity index is 962. The second-order valence-corrected chi connectivity index (χ2v) is 5.74. The standard InChI is InChI=1S/C18H14N2O7/c1-24-13-7-15-14(26-9-27-15)6-10(13)5-12-16(21)19-18(23)20(17(12)22)8-11-3-2-4-25-11/h2-7H,8-9H2,1H3,(H,19,21,23)/b12-5+. The van der Waals surface area contributed by atoms with Gasteiger partial charge in [-0.25, -0.2) is 4.79 Å². The number of hydrogen-bond donors (Lipinski definition) is 1. The molecule has 1 aromatic heterocycles. The lowest BCUT2D eigenvalue weighted by Crippen LogP contribution is -2.53. The van der Waals surface area contributed by atoms with E-state index >= 15 is 0 Å². The highest BCUT2D eigenvalue weighted by atomic mass is 16.7. The molecule has 0 spiro atoms. The van der Waals surface area contributed by atoms with Crippen LogP contribution in [0, 0.1) is 0 Å². The molecule has 0 unspecified atom stereocenters. The lowest BCUT2D eigenvalue weighted by molar-refractivity contribution is -0.130. The first-order valence-corrected chi connectivity index (χ1v) is 7.95. The average molecular weight is 370 g/mol. The molecule has 138 valence electrons. The normalized spacial score (nSPS) is 17.4. The molecule has 9 nitrogen and oxygen atoms in total. The van der Waals surface area contributed by atoms with Gasteiger partial charge in [0.1, 0.15) is 17.1 Å². The summed E-state index contributed by atoms with van der Waals surface area (Å²) in [5, 5.41) is 2.15. The maximum absolute atomic E-state index is 12.7. The van der Waals surface area contributed by atoms with Gasteiger partial charge in [-0.05, 0) is 24.3 Å². The van der Waals surface area contributed by atoms with Crippen LogP contribution in [-0.2, 0) is 16.1 Å². The molecule has 0 aliphatic carbocycles. The van der Waals surface area contributed by atoms with Crippen LogP contribution >= 0.6 is 0 Å². The SMILES string of the molecule is COc1cc2c(cc1/C=C1\C(=O)NC(=O)N(Cc3ccco3)C1=O)OCO2. The summed E-state index contributed by atoms with van der Waals surface area (Å²) >= 11 is 0. The summed E-state index contributed by atoms with van der Waals surface area (Å²) in [6.45, 7) is -0.0239. The largest absolute Gasteiger partial charge is 0.496 e. The Morgan fingerprint density at radius 3 is 2.70 bits per heavy atom. The lowest BCUT2D eigenvalue weighted by Gasteiger charge is -2.25. The first kappa shape index (κ1) is 16.7. The van der Waals surface area contributed by atoms with Crippen LogP contribution in [0.2, 0.25) is 0 Å². The maximum Gasteiger partial charge on any atom is 0.331 e. The fraction of sp³-hybridized carbons (Fsp3) is 0.167. The zero-order valence-corrected chi connectivity index (χ0v) is 14.2. The van der Waals surface area contributed by atoms with Gasteiger partial charge in [0, 0.05) is 11.6 Å². The molecule has 0 radical (unpaired) electrons. The highest BCUT2D eigenvalue weighted by Gasteiger charge is 2.36. The van der Waals surface area contributed by atoms with E-state index in [2.05, 4.69) is 5.32 Å². The number of fused-ring (bicyclic) bond motifs is 1. The molecule has 2 aliphatic heterocycles. The van der Waals surface area contributed by atoms with Crippen molar-refractivity contribution >= 4 is 23.9 Å². The van der Waals surface area contributed by atoms with E-state index in [0.29, 0.717) is 28.6 Å². The lowest BCUT2D eigenvalue weighted by atomic mass is 10.1. The molecule has 2 aliphatic rings. The molecule has 1 aromatic carbocycles. The third-order valence-electron chi connectivity index (χ3n) is 4.10. The topological polar surface area (TPSA) is 107 Å². The van der Waals surface area contributed by atoms with Crippen molar-refractivity contribution in [3.63, 3.8) is 0 Å². The van der Waals surface area contributed by atoms with Crippen LogP contribution < -0.4 is 19.5 Å². The third kappa shape index (κ3) is 2.99. The average Bonchev–Trinajstić information content (AvgIpc) is 3.32. The van der Waals surface area contributed by atoms with Gasteiger partial charge in [-0.3, -0.25) is 19.8 Å². The van der Waals surface area contributed by atoms with E-state index in [-0.39, 0.29) is 18.9 Å². The van der Waals surface area contributed by atoms with Gasteiger partial charge in [-0.15, -0.1) is 0 Å². The molecule has 0 bridgehead atoms. The number of imide groups is 2. The van der Waals surface area contributed by atoms with Crippen LogP contribution in [0.5, 0.6) is 17.2 Å². The molecule has 2 aromatic rings. The smallest absolute Gasteiger partial charge is 0.331 e. The summed E-state index contributed by atoms with van der Waals surface area (Å²) in [6, 6.07) is 5.66. The number of amides is 4. The van der Waals surface area contributed by atoms with Gasteiger partial charge in [0.2, 0.25) is 6.79 Å². The molecule has 1 fully saturated rings. The molecule has 1 saturated heterocycles. The maximum atomic E-state index is 12.7. The number of ether oxygens (including phenoxy) is 3. The Labute approximate surface area is 153 Å². The first-order chi connectivity index (χ1) is 13.1. The molecule has 4 amide bonds. The molecule has 1 N–H and O–H groups in total. The van der Waals surface area contributed by atoms with Crippen LogP contribution in [0.4, 0.5) is 4.79 Å². The highest BCUT2D eigenvalue weighted by molar-refractivity contribution is 6.31. The number of barbiturate groups is 1. The van der Waals surface area contributed by atoms with E-state index in [1.807, 2.05) is 0 Å². The second kappa shape index (κ2) is 6.52. The number of carbonyl (C=O) groups is 3. The predicted octanol–water partition coefficient (Wildman–Crippen LogP) is 1.68. The summed E-state index contributed by atoms with van der Waals surface area (Å²) in [6.07, 6.45) is 2.78. The number of methoxy groups -OCH3 is 1. The fourth-order valence-corrected chi connectivity index (χ4v) is 2.78. The van der Waals surface area contributed by atoms with Gasteiger partial charge in [-0.2, -0.15) is 0 Å². The summed E-state index contributed by atoms with van der Waals surface area (Å²) < 4.78 is 21.1. The van der Waals surface area contributed by atoms with Crippen LogP contribution in [0.1, 0.15) is 11.3 Å². The van der Waals surface area contributed by atoms with Gasteiger partial charge >= 0.3 is 6.03 Å². The fourth-order valence-electron chi connectivity index (χ4n) is 2.78. The summed E-state index contributed by atoms with van der Waals surface area (Å²) in [4.78, 5) is 37.9. The van der Waals surface area contributed by atoms with Crippen LogP contribution in [0.3, 0.4) is 0 Å². The first-order valence-electron chi connectivity index (χ1n) is 7.95. The number of carbonyl (C=O) groups excluding carboxylic acids is 3. The minimum absolute atomic E-state index is 0.0728. The van der Waals surface area contributed by atoms with Gasteiger partial charge in [-0.1, -0.05) is 0 Å². The molecule has 9 heteroatoms. The third-order valence-corrected chi connectivity index (χ3v) is 4.10. The van der Waals surface area contributed by atoms with Crippen LogP contribution in [0.15, 0.2) is 40.5 Å². The minimum atomic E-state index is -0.809. The van der Waals surface area contributed by atoms with E-state index < -0.39 is 17.8 Å². The van der Waals surface area contributed by atoms with E-state index in [9.17, 15) is 14.4 Å². The van der Waals surface area contributed by atoms with Gasteiger partial charge in [0.05, 0.1) is 19.9 Å². The molecule has 4 rings (SSSR count). The Kier molecular flexibility index (Phi) is 4.03. The molecule has 3 heterocycles. The number of benzene rings is 1. The molecule has 27 heavy (non-hydrogen) atoms. The van der Waals surface area contributed by atoms with Crippen LogP contribution in [-0.4, -0.2) is 36.6 Å². The Hall–Kier alpha value is -3.75. The van der Waals surface area contributed by atoms with Gasteiger partial charge in [0.25, 0.3) is 11.8 Å². The summed E-state index contributed by atoms with van der Waals surface area (Å²) in [5.74, 6) is 0.243. The zero-order chi connectivity index (χ0) is 19.0. The van der Waals surface area contributed by atoms with Crippen molar-refractivity contribution < 1.29 is 33.0 Å². The monoisotopic (exact) mass is 370 g/mol. The van der Waals surface area contributed by atoms with E-state index in [4.69, 9.17) is 18.6 Å². The highest BCUT2D eigenvalue weighted by Crippen LogP contribution is 2.39. The van der Waals surface area contributed by atoms with Crippen molar-refractivity contribution in [1.82, 2.24) is 10.2 Å². The van der Waals surface area contributed by atoms with E-state index in [1.54, 1.807) is 24.3 Å². The Balaban J connectivity index is 1.70. The van der Waals surface area contributed by atoms with Crippen molar-refractivity contribution in [2.45, 2.75) is 6.54 Å². The molecule has 0 atom stereocenters. The van der Waals surface area contributed by atoms with Crippen LogP contribution in [0.25, 0.3) is 6.08 Å². The molecular weight excluding hydrogens is 356 g/mol. The Morgan fingerprint density at radius 2 is 2.00 bits per heavy atom. The van der Waals surface area contributed by atoms with E-state index in [1.165, 1.54) is 19.4 Å². The Morgan fingerprint density at radius 1 is 1.22 bits per heavy atom. The van der Waals surface area contributed by atoms with Crippen molar-refractivity contribution in [2.24, 2.45) is 0 Å². The van der Waals surface area contributed by atoms with Crippen molar-refractivity contribution in [2.75, 3.05) is 13.9 Å². The summed E-state index contributed by atoms with van der Waals surface area (Å²) in [7, 11) is 1.45. The van der Waals surface area contributed by atoms with Crippen molar-refractivity contribution in [3.05, 3.63) is 47.4 Å². The predicted molar refractivity (Wildman–Crippen MR) is 89.9 cm³/mol. The van der Waals surface area contributed by atoms with Crippen molar-refractivity contribution in [3.8, 4) is 17.2 Å². The van der Waals surface area contributed by atoms with Gasteiger partial charge < -0.3 is 18.6 Å². The number of rotatable bonds is 4. The second-order valence-electron chi connectivity index (χ2n) is 5.74. The zero-order valence-electron chi connectivity index (χ0n) is 14.2. The number of hydrogen-bond acceptors (Lipinski definition) is 7. The minimum Gasteiger partial charge on any atom is -0.496 e. The number of nitrogens with one attached hydrogen (secondary N) is 1. The number of nitrogens with zero attached hydrogens (tertiary/aromatic N) is 1. The molecule has 0 saturated carbocycles. The number of urea groups is 1. The van der Waals surface area contributed by atoms with E-state index in [0.717, 1.165) is 4.90 Å².